The maximum absolute atomic E-state index is 11.8. The Morgan fingerprint density at radius 2 is 2.13 bits per heavy atom. The molecule has 2 saturated heterocycles. The summed E-state index contributed by atoms with van der Waals surface area (Å²) in [6.45, 7) is 6.14. The number of piperidine rings is 2. The normalized spacial score (nSPS) is 23.7. The van der Waals surface area contributed by atoms with Gasteiger partial charge in [0.1, 0.15) is 6.33 Å². The van der Waals surface area contributed by atoms with Gasteiger partial charge in [0.25, 0.3) is 0 Å². The minimum atomic E-state index is -0.163. The molecule has 2 aliphatic rings. The first kappa shape index (κ1) is 16.2. The molecule has 0 spiro atoms. The molecule has 1 atom stereocenters. The number of ether oxygens (including phenoxy) is 1. The summed E-state index contributed by atoms with van der Waals surface area (Å²) in [5.41, 5.74) is 1.16. The molecule has 2 fully saturated rings. The molecular formula is C17H26N4O2. The molecule has 23 heavy (non-hydrogen) atoms. The van der Waals surface area contributed by atoms with Crippen LogP contribution in [0.2, 0.25) is 0 Å². The summed E-state index contributed by atoms with van der Waals surface area (Å²) in [7, 11) is 0. The van der Waals surface area contributed by atoms with Crippen LogP contribution in [0.1, 0.15) is 44.2 Å². The molecule has 0 saturated carbocycles. The van der Waals surface area contributed by atoms with Gasteiger partial charge in [-0.15, -0.1) is 0 Å². The number of hydrogen-bond donors (Lipinski definition) is 0. The molecule has 0 radical (unpaired) electrons. The van der Waals surface area contributed by atoms with E-state index in [-0.39, 0.29) is 6.09 Å². The molecule has 6 heteroatoms. The summed E-state index contributed by atoms with van der Waals surface area (Å²) in [5, 5.41) is 0. The lowest BCUT2D eigenvalue weighted by Gasteiger charge is -2.41. The molecule has 0 bridgehead atoms. The highest BCUT2D eigenvalue weighted by Crippen LogP contribution is 2.29. The van der Waals surface area contributed by atoms with Crippen molar-refractivity contribution < 1.29 is 9.53 Å². The van der Waals surface area contributed by atoms with Crippen LogP contribution in [0.4, 0.5) is 4.79 Å². The Labute approximate surface area is 137 Å². The summed E-state index contributed by atoms with van der Waals surface area (Å²) < 4.78 is 5.10. The maximum Gasteiger partial charge on any atom is 0.409 e. The van der Waals surface area contributed by atoms with Crippen molar-refractivity contribution in [3.05, 3.63) is 24.3 Å². The van der Waals surface area contributed by atoms with Gasteiger partial charge in [-0.3, -0.25) is 4.90 Å². The fraction of sp³-hybridized carbons (Fsp3) is 0.706. The van der Waals surface area contributed by atoms with Crippen molar-refractivity contribution in [2.75, 3.05) is 32.8 Å². The lowest BCUT2D eigenvalue weighted by atomic mass is 9.91. The molecule has 1 amide bonds. The van der Waals surface area contributed by atoms with E-state index in [4.69, 9.17) is 4.74 Å². The standard InChI is InChI=1S/C17H26N4O2/c1-2-23-17(22)20-10-6-15(7-11-20)21-9-3-4-14(12-21)16-5-8-18-13-19-16/h5,8,13-15H,2-4,6-7,9-12H2,1H3/t14-/m1/s1. The van der Waals surface area contributed by atoms with Gasteiger partial charge in [0.2, 0.25) is 0 Å². The molecule has 126 valence electrons. The van der Waals surface area contributed by atoms with Gasteiger partial charge in [-0.25, -0.2) is 14.8 Å². The van der Waals surface area contributed by atoms with Crippen molar-refractivity contribution in [1.29, 1.82) is 0 Å². The van der Waals surface area contributed by atoms with E-state index < -0.39 is 0 Å². The zero-order valence-corrected chi connectivity index (χ0v) is 13.9. The van der Waals surface area contributed by atoms with Crippen molar-refractivity contribution in [3.8, 4) is 0 Å². The van der Waals surface area contributed by atoms with Gasteiger partial charge in [-0.05, 0) is 45.2 Å². The van der Waals surface area contributed by atoms with Gasteiger partial charge in [-0.2, -0.15) is 0 Å². The number of nitrogens with zero attached hydrogens (tertiary/aromatic N) is 4. The number of rotatable bonds is 3. The van der Waals surface area contributed by atoms with Gasteiger partial charge in [0.15, 0.2) is 0 Å². The summed E-state index contributed by atoms with van der Waals surface area (Å²) >= 11 is 0. The third-order valence-corrected chi connectivity index (χ3v) is 4.98. The van der Waals surface area contributed by atoms with E-state index in [0.29, 0.717) is 18.6 Å². The highest BCUT2D eigenvalue weighted by atomic mass is 16.6. The average molecular weight is 318 g/mol. The van der Waals surface area contributed by atoms with Crippen molar-refractivity contribution in [1.82, 2.24) is 19.8 Å². The lowest BCUT2D eigenvalue weighted by Crippen LogP contribution is -2.49. The highest BCUT2D eigenvalue weighted by Gasteiger charge is 2.31. The van der Waals surface area contributed by atoms with Crippen LogP contribution in [0, 0.1) is 0 Å². The molecule has 6 nitrogen and oxygen atoms in total. The van der Waals surface area contributed by atoms with E-state index in [2.05, 4.69) is 14.9 Å². The average Bonchev–Trinajstić information content (AvgIpc) is 2.63. The summed E-state index contributed by atoms with van der Waals surface area (Å²) in [5.74, 6) is 0.509. The SMILES string of the molecule is CCOC(=O)N1CCC(N2CCC[C@@H](c3ccncn3)C2)CC1. The second-order valence-electron chi connectivity index (χ2n) is 6.39. The van der Waals surface area contributed by atoms with Gasteiger partial charge < -0.3 is 9.64 Å². The molecule has 0 N–H and O–H groups in total. The third-order valence-electron chi connectivity index (χ3n) is 4.98. The molecule has 1 aromatic heterocycles. The van der Waals surface area contributed by atoms with E-state index in [1.807, 2.05) is 24.1 Å². The fourth-order valence-corrected chi connectivity index (χ4v) is 3.75. The second kappa shape index (κ2) is 7.73. The number of carbonyl (C=O) groups excluding carboxylic acids is 1. The van der Waals surface area contributed by atoms with E-state index in [1.165, 1.54) is 12.8 Å². The molecule has 2 aliphatic heterocycles. The number of hydrogen-bond acceptors (Lipinski definition) is 5. The third kappa shape index (κ3) is 3.99. The molecule has 0 unspecified atom stereocenters. The van der Waals surface area contributed by atoms with Crippen LogP contribution in [0.3, 0.4) is 0 Å². The summed E-state index contributed by atoms with van der Waals surface area (Å²) in [6.07, 6.45) is 7.81. The molecule has 0 aliphatic carbocycles. The molecule has 0 aromatic carbocycles. The monoisotopic (exact) mass is 318 g/mol. The quantitative estimate of drug-likeness (QED) is 0.856. The van der Waals surface area contributed by atoms with E-state index >= 15 is 0 Å². The van der Waals surface area contributed by atoms with Crippen LogP contribution < -0.4 is 0 Å². The lowest BCUT2D eigenvalue weighted by molar-refractivity contribution is 0.0648. The number of amides is 1. The fourth-order valence-electron chi connectivity index (χ4n) is 3.75. The van der Waals surface area contributed by atoms with Gasteiger partial charge in [0, 0.05) is 43.5 Å². The van der Waals surface area contributed by atoms with Crippen molar-refractivity contribution in [2.24, 2.45) is 0 Å². The zero-order valence-electron chi connectivity index (χ0n) is 13.9. The predicted octanol–water partition coefficient (Wildman–Crippen LogP) is 2.28. The minimum absolute atomic E-state index is 0.163. The smallest absolute Gasteiger partial charge is 0.409 e. The molecule has 3 rings (SSSR count). The Morgan fingerprint density at radius 3 is 2.83 bits per heavy atom. The molecule has 1 aromatic rings. The van der Waals surface area contributed by atoms with Crippen LogP contribution >= 0.6 is 0 Å². The second-order valence-corrected chi connectivity index (χ2v) is 6.39. The van der Waals surface area contributed by atoms with Gasteiger partial charge in [-0.1, -0.05) is 0 Å². The maximum atomic E-state index is 11.8. The molecule has 3 heterocycles. The zero-order chi connectivity index (χ0) is 16.1. The van der Waals surface area contributed by atoms with Crippen LogP contribution in [-0.4, -0.2) is 64.7 Å². The van der Waals surface area contributed by atoms with Crippen molar-refractivity contribution in [3.63, 3.8) is 0 Å². The van der Waals surface area contributed by atoms with Crippen LogP contribution in [0.5, 0.6) is 0 Å². The van der Waals surface area contributed by atoms with E-state index in [0.717, 1.165) is 44.7 Å². The van der Waals surface area contributed by atoms with Crippen LogP contribution in [0.15, 0.2) is 18.6 Å². The minimum Gasteiger partial charge on any atom is -0.450 e. The molecular weight excluding hydrogens is 292 g/mol. The first-order chi connectivity index (χ1) is 11.3. The largest absolute Gasteiger partial charge is 0.450 e. The predicted molar refractivity (Wildman–Crippen MR) is 87.2 cm³/mol. The van der Waals surface area contributed by atoms with Gasteiger partial charge in [0.05, 0.1) is 6.61 Å². The summed E-state index contributed by atoms with van der Waals surface area (Å²) in [6, 6.07) is 2.61. The Bertz CT molecular complexity index is 503. The van der Waals surface area contributed by atoms with Crippen molar-refractivity contribution >= 4 is 6.09 Å². The Balaban J connectivity index is 1.53. The highest BCUT2D eigenvalue weighted by molar-refractivity contribution is 5.67. The Hall–Kier alpha value is -1.69. The number of aromatic nitrogens is 2. The Morgan fingerprint density at radius 1 is 1.30 bits per heavy atom. The Kier molecular flexibility index (Phi) is 5.43. The number of likely N-dealkylation sites (tertiary alicyclic amines) is 2. The van der Waals surface area contributed by atoms with Crippen LogP contribution in [0.25, 0.3) is 0 Å². The first-order valence-corrected chi connectivity index (χ1v) is 8.69. The topological polar surface area (TPSA) is 58.6 Å². The van der Waals surface area contributed by atoms with E-state index in [1.54, 1.807) is 6.33 Å². The van der Waals surface area contributed by atoms with Crippen molar-refractivity contribution in [2.45, 2.75) is 44.6 Å². The van der Waals surface area contributed by atoms with E-state index in [9.17, 15) is 4.79 Å². The summed E-state index contributed by atoms with van der Waals surface area (Å²) in [4.78, 5) is 24.7. The first-order valence-electron chi connectivity index (χ1n) is 8.69. The number of carbonyl (C=O) groups is 1. The van der Waals surface area contributed by atoms with Gasteiger partial charge >= 0.3 is 6.09 Å². The van der Waals surface area contributed by atoms with Crippen LogP contribution in [-0.2, 0) is 4.74 Å².